The van der Waals surface area contributed by atoms with E-state index in [9.17, 15) is 9.59 Å². The molecule has 0 saturated heterocycles. The van der Waals surface area contributed by atoms with Gasteiger partial charge >= 0.3 is 5.97 Å². The predicted molar refractivity (Wildman–Crippen MR) is 58.7 cm³/mol. The van der Waals surface area contributed by atoms with Crippen LogP contribution >= 0.6 is 24.8 Å². The van der Waals surface area contributed by atoms with Crippen LogP contribution in [0, 0.1) is 0 Å². The van der Waals surface area contributed by atoms with Crippen molar-refractivity contribution < 1.29 is 9.90 Å². The summed E-state index contributed by atoms with van der Waals surface area (Å²) >= 11 is 0. The minimum Gasteiger partial charge on any atom is -0.480 e. The quantitative estimate of drug-likeness (QED) is 0.679. The van der Waals surface area contributed by atoms with Gasteiger partial charge in [-0.15, -0.1) is 24.8 Å². The first-order chi connectivity index (χ1) is 6.09. The molecule has 4 N–H and O–H groups in total. The van der Waals surface area contributed by atoms with Crippen LogP contribution in [0.5, 0.6) is 0 Å². The molecule has 0 saturated carbocycles. The summed E-state index contributed by atoms with van der Waals surface area (Å²) in [4.78, 5) is 27.2. The summed E-state index contributed by atoms with van der Waals surface area (Å²) in [6.07, 6.45) is 1.33. The smallest absolute Gasteiger partial charge is 0.320 e. The molecule has 8 heteroatoms. The van der Waals surface area contributed by atoms with Crippen molar-refractivity contribution in [1.82, 2.24) is 9.97 Å². The average molecular weight is 256 g/mol. The van der Waals surface area contributed by atoms with E-state index < -0.39 is 12.0 Å². The van der Waals surface area contributed by atoms with Crippen LogP contribution in [0.3, 0.4) is 0 Å². The van der Waals surface area contributed by atoms with Crippen molar-refractivity contribution in [1.29, 1.82) is 0 Å². The largest absolute Gasteiger partial charge is 0.480 e. The zero-order chi connectivity index (χ0) is 9.84. The van der Waals surface area contributed by atoms with Gasteiger partial charge in [-0.2, -0.15) is 0 Å². The molecule has 0 fully saturated rings. The summed E-state index contributed by atoms with van der Waals surface area (Å²) in [6.45, 7) is 0. The zero-order valence-electron chi connectivity index (χ0n) is 7.54. The SMILES string of the molecule is Cl.Cl.NC(Cc1nccc(=O)[nH]1)C(=O)O. The van der Waals surface area contributed by atoms with Gasteiger partial charge in [0, 0.05) is 18.7 Å². The van der Waals surface area contributed by atoms with E-state index in [-0.39, 0.29) is 42.6 Å². The van der Waals surface area contributed by atoms with Gasteiger partial charge in [0.2, 0.25) is 0 Å². The van der Waals surface area contributed by atoms with Gasteiger partial charge in [0.05, 0.1) is 0 Å². The number of aromatic nitrogens is 2. The minimum atomic E-state index is -1.12. The lowest BCUT2D eigenvalue weighted by molar-refractivity contribution is -0.138. The van der Waals surface area contributed by atoms with E-state index in [2.05, 4.69) is 9.97 Å². The van der Waals surface area contributed by atoms with Gasteiger partial charge in [-0.3, -0.25) is 9.59 Å². The Bertz CT molecular complexity index is 368. The molecule has 0 amide bonds. The van der Waals surface area contributed by atoms with Crippen LogP contribution in [0.4, 0.5) is 0 Å². The van der Waals surface area contributed by atoms with Crippen molar-refractivity contribution in [2.45, 2.75) is 12.5 Å². The second kappa shape index (κ2) is 7.22. The summed E-state index contributed by atoms with van der Waals surface area (Å²) in [5.41, 5.74) is 4.92. The molecule has 0 aliphatic rings. The molecule has 1 aromatic rings. The Balaban J connectivity index is 0. The molecule has 6 nitrogen and oxygen atoms in total. The second-order valence-electron chi connectivity index (χ2n) is 2.53. The van der Waals surface area contributed by atoms with Crippen molar-refractivity contribution >= 4 is 30.8 Å². The first-order valence-corrected chi connectivity index (χ1v) is 3.62. The van der Waals surface area contributed by atoms with Gasteiger partial charge in [-0.25, -0.2) is 4.98 Å². The fourth-order valence-electron chi connectivity index (χ4n) is 0.810. The van der Waals surface area contributed by atoms with Crippen LogP contribution in [0.1, 0.15) is 5.82 Å². The number of aliphatic carboxylic acids is 1. The molecule has 0 aromatic carbocycles. The standard InChI is InChI=1S/C7H9N3O3.2ClH/c8-4(7(12)13)3-5-9-2-1-6(11)10-5;;/h1-2,4H,3,8H2,(H,12,13)(H,9,10,11);2*1H. The Morgan fingerprint density at radius 1 is 1.60 bits per heavy atom. The molecule has 0 radical (unpaired) electrons. The molecule has 15 heavy (non-hydrogen) atoms. The summed E-state index contributed by atoms with van der Waals surface area (Å²) in [6, 6.07) is 0.209. The molecular formula is C7H11Cl2N3O3. The third-order valence-electron chi connectivity index (χ3n) is 1.45. The third-order valence-corrected chi connectivity index (χ3v) is 1.45. The van der Waals surface area contributed by atoms with Crippen molar-refractivity contribution in [2.24, 2.45) is 5.73 Å². The van der Waals surface area contributed by atoms with Crippen LogP contribution in [-0.2, 0) is 11.2 Å². The van der Waals surface area contributed by atoms with Crippen molar-refractivity contribution in [3.05, 3.63) is 28.4 Å². The lowest BCUT2D eigenvalue weighted by Gasteiger charge is -2.03. The molecule has 0 bridgehead atoms. The number of carboxylic acid groups (broad SMARTS) is 1. The number of hydrogen-bond acceptors (Lipinski definition) is 4. The lowest BCUT2D eigenvalue weighted by Crippen LogP contribution is -2.33. The fraction of sp³-hybridized carbons (Fsp3) is 0.286. The van der Waals surface area contributed by atoms with E-state index in [0.717, 1.165) is 0 Å². The van der Waals surface area contributed by atoms with Gasteiger partial charge in [0.25, 0.3) is 5.56 Å². The molecule has 0 spiro atoms. The molecule has 1 heterocycles. The zero-order valence-corrected chi connectivity index (χ0v) is 9.18. The second-order valence-corrected chi connectivity index (χ2v) is 2.53. The van der Waals surface area contributed by atoms with Crippen LogP contribution in [0.15, 0.2) is 17.1 Å². The van der Waals surface area contributed by atoms with E-state index >= 15 is 0 Å². The Kier molecular flexibility index (Phi) is 7.85. The summed E-state index contributed by atoms with van der Waals surface area (Å²) in [5, 5.41) is 8.47. The Morgan fingerprint density at radius 2 is 2.20 bits per heavy atom. The lowest BCUT2D eigenvalue weighted by atomic mass is 10.2. The number of carboxylic acids is 1. The van der Waals surface area contributed by atoms with Gasteiger partial charge in [0.15, 0.2) is 0 Å². The monoisotopic (exact) mass is 255 g/mol. The Labute approximate surface area is 97.7 Å². The normalized spacial score (nSPS) is 10.7. The third kappa shape index (κ3) is 5.36. The number of aromatic amines is 1. The highest BCUT2D eigenvalue weighted by molar-refractivity contribution is 5.85. The van der Waals surface area contributed by atoms with Crippen molar-refractivity contribution in [2.75, 3.05) is 0 Å². The van der Waals surface area contributed by atoms with Crippen molar-refractivity contribution in [3.63, 3.8) is 0 Å². The molecule has 86 valence electrons. The predicted octanol–water partition coefficient (Wildman–Crippen LogP) is -0.432. The molecule has 1 unspecified atom stereocenters. The topological polar surface area (TPSA) is 109 Å². The number of nitrogens with two attached hydrogens (primary N) is 1. The average Bonchev–Trinajstić information content (AvgIpc) is 2.04. The summed E-state index contributed by atoms with van der Waals surface area (Å²) in [5.74, 6) is -0.839. The molecule has 0 aliphatic carbocycles. The van der Waals surface area contributed by atoms with E-state index in [0.29, 0.717) is 0 Å². The fourth-order valence-corrected chi connectivity index (χ4v) is 0.810. The molecule has 0 aliphatic heterocycles. The number of carbonyl (C=O) groups is 1. The summed E-state index contributed by atoms with van der Waals surface area (Å²) in [7, 11) is 0. The minimum absolute atomic E-state index is 0. The number of halogens is 2. The highest BCUT2D eigenvalue weighted by Gasteiger charge is 2.12. The first kappa shape index (κ1) is 16.3. The van der Waals surface area contributed by atoms with E-state index in [4.69, 9.17) is 10.8 Å². The number of rotatable bonds is 3. The molecule has 1 aromatic heterocycles. The highest BCUT2D eigenvalue weighted by Crippen LogP contribution is 1.91. The number of nitrogens with one attached hydrogen (secondary N) is 1. The Morgan fingerprint density at radius 3 is 2.67 bits per heavy atom. The maximum absolute atomic E-state index is 10.8. The van der Waals surface area contributed by atoms with Crippen LogP contribution < -0.4 is 11.3 Å². The van der Waals surface area contributed by atoms with Crippen LogP contribution in [0.25, 0.3) is 0 Å². The molecule has 1 rings (SSSR count). The van der Waals surface area contributed by atoms with Crippen LogP contribution in [-0.4, -0.2) is 27.1 Å². The highest BCUT2D eigenvalue weighted by atomic mass is 35.5. The number of H-pyrrole nitrogens is 1. The first-order valence-electron chi connectivity index (χ1n) is 3.62. The summed E-state index contributed by atoms with van der Waals surface area (Å²) < 4.78 is 0. The Hall–Kier alpha value is -1.11. The maximum atomic E-state index is 10.8. The molecule has 1 atom stereocenters. The van der Waals surface area contributed by atoms with E-state index in [1.54, 1.807) is 0 Å². The maximum Gasteiger partial charge on any atom is 0.320 e. The number of hydrogen-bond donors (Lipinski definition) is 3. The van der Waals surface area contributed by atoms with Crippen molar-refractivity contribution in [3.8, 4) is 0 Å². The van der Waals surface area contributed by atoms with Crippen LogP contribution in [0.2, 0.25) is 0 Å². The van der Waals surface area contributed by atoms with Gasteiger partial charge in [-0.05, 0) is 0 Å². The van der Waals surface area contributed by atoms with E-state index in [1.807, 2.05) is 0 Å². The van der Waals surface area contributed by atoms with E-state index in [1.165, 1.54) is 12.3 Å². The van der Waals surface area contributed by atoms with Gasteiger partial charge in [0.1, 0.15) is 11.9 Å². The molecular weight excluding hydrogens is 245 g/mol. The van der Waals surface area contributed by atoms with Gasteiger partial charge < -0.3 is 15.8 Å². The number of nitrogens with zero attached hydrogens (tertiary/aromatic N) is 1. The van der Waals surface area contributed by atoms with Gasteiger partial charge in [-0.1, -0.05) is 0 Å².